The third-order valence-electron chi connectivity index (χ3n) is 7.69. The van der Waals surface area contributed by atoms with Crippen molar-refractivity contribution >= 4 is 35.0 Å². The van der Waals surface area contributed by atoms with Crippen LogP contribution < -0.4 is 9.80 Å². The summed E-state index contributed by atoms with van der Waals surface area (Å²) in [7, 11) is 0. The molecule has 10 heteroatoms. The van der Waals surface area contributed by atoms with Crippen molar-refractivity contribution in [2.24, 2.45) is 11.3 Å². The molecule has 1 spiro atoms. The Labute approximate surface area is 216 Å². The first-order chi connectivity index (χ1) is 16.7. The minimum Gasteiger partial charge on any atom is -0.390 e. The summed E-state index contributed by atoms with van der Waals surface area (Å²) in [6.45, 7) is 9.83. The van der Waals surface area contributed by atoms with E-state index in [2.05, 4.69) is 21.7 Å². The molecule has 0 amide bonds. The lowest BCUT2D eigenvalue weighted by Crippen LogP contribution is -2.56. The van der Waals surface area contributed by atoms with Crippen LogP contribution in [0.25, 0.3) is 0 Å². The molecule has 1 atom stereocenters. The fourth-order valence-corrected chi connectivity index (χ4v) is 6.32. The van der Waals surface area contributed by atoms with Crippen LogP contribution in [0.2, 0.25) is 5.02 Å². The van der Waals surface area contributed by atoms with Crippen molar-refractivity contribution < 1.29 is 14.9 Å². The predicted molar refractivity (Wildman–Crippen MR) is 137 cm³/mol. The first-order valence-corrected chi connectivity index (χ1v) is 13.5. The van der Waals surface area contributed by atoms with Crippen molar-refractivity contribution in [3.8, 4) is 0 Å². The molecular formula is C25H34ClN5O3S. The highest BCUT2D eigenvalue weighted by Crippen LogP contribution is 2.43. The van der Waals surface area contributed by atoms with Crippen LogP contribution in [0.15, 0.2) is 28.4 Å². The number of nitrogens with zero attached hydrogens (tertiary/aromatic N) is 5. The van der Waals surface area contributed by atoms with Gasteiger partial charge < -0.3 is 24.7 Å². The minimum absolute atomic E-state index is 0.167. The highest BCUT2D eigenvalue weighted by atomic mass is 35.5. The maximum absolute atomic E-state index is 10.2. The summed E-state index contributed by atoms with van der Waals surface area (Å²) >= 11 is 7.87. The van der Waals surface area contributed by atoms with Crippen LogP contribution in [0.5, 0.6) is 0 Å². The molecule has 35 heavy (non-hydrogen) atoms. The van der Waals surface area contributed by atoms with Gasteiger partial charge in [0.15, 0.2) is 5.82 Å². The van der Waals surface area contributed by atoms with Crippen molar-refractivity contribution in [3.05, 3.63) is 29.2 Å². The number of hydrogen-bond acceptors (Lipinski definition) is 9. The number of halogens is 1. The lowest BCUT2D eigenvalue weighted by atomic mass is 9.77. The van der Waals surface area contributed by atoms with Crippen LogP contribution in [0.3, 0.4) is 0 Å². The smallest absolute Gasteiger partial charge is 0.152 e. The fraction of sp³-hybridized carbons (Fsp3) is 0.640. The van der Waals surface area contributed by atoms with E-state index in [-0.39, 0.29) is 17.9 Å². The van der Waals surface area contributed by atoms with E-state index in [9.17, 15) is 10.2 Å². The molecule has 2 N–H and O–H groups in total. The summed E-state index contributed by atoms with van der Waals surface area (Å²) < 4.78 is 5.85. The van der Waals surface area contributed by atoms with Gasteiger partial charge >= 0.3 is 0 Å². The van der Waals surface area contributed by atoms with E-state index < -0.39 is 5.60 Å². The maximum atomic E-state index is 10.2. The van der Waals surface area contributed by atoms with E-state index in [0.717, 1.165) is 68.6 Å². The monoisotopic (exact) mass is 519 g/mol. The third-order valence-corrected chi connectivity index (χ3v) is 9.07. The number of aromatic nitrogens is 3. The largest absolute Gasteiger partial charge is 0.390 e. The number of aliphatic hydroxyl groups excluding tert-OH is 1. The van der Waals surface area contributed by atoms with Gasteiger partial charge in [0, 0.05) is 43.2 Å². The molecule has 0 aromatic carbocycles. The molecule has 5 heterocycles. The number of piperidine rings is 1. The molecule has 0 unspecified atom stereocenters. The van der Waals surface area contributed by atoms with Crippen molar-refractivity contribution in [1.29, 1.82) is 0 Å². The Kier molecular flexibility index (Phi) is 6.91. The van der Waals surface area contributed by atoms with Crippen molar-refractivity contribution in [2.45, 2.75) is 68.3 Å². The molecule has 0 aliphatic carbocycles. The predicted octanol–water partition coefficient (Wildman–Crippen LogP) is 3.77. The highest BCUT2D eigenvalue weighted by molar-refractivity contribution is 7.99. The van der Waals surface area contributed by atoms with Gasteiger partial charge in [-0.15, -0.1) is 0 Å². The molecule has 3 aliphatic heterocycles. The van der Waals surface area contributed by atoms with Crippen LogP contribution in [-0.4, -0.2) is 69.7 Å². The standard InChI is InChI=1S/C25H34ClN5O3S/c1-16-9-25(15-34-16)4-6-30(7-5-25)23-19(14-32)29-22(11-28-23)35-20-8-21(27-10-18(20)26)31-12-17(13-31)24(2,3)33/h8,10-11,16-17,32-33H,4-7,9,12-15H2,1-3H3/t16-/m0/s1. The van der Waals surface area contributed by atoms with E-state index in [1.54, 1.807) is 12.4 Å². The molecule has 2 aromatic rings. The summed E-state index contributed by atoms with van der Waals surface area (Å²) in [5, 5.41) is 21.5. The molecule has 3 saturated heterocycles. The topological polar surface area (TPSA) is 94.8 Å². The second-order valence-corrected chi connectivity index (χ2v) is 12.2. The molecule has 3 fully saturated rings. The Hall–Kier alpha value is -1.65. The Morgan fingerprint density at radius 1 is 1.20 bits per heavy atom. The second kappa shape index (κ2) is 9.67. The van der Waals surface area contributed by atoms with E-state index in [0.29, 0.717) is 21.8 Å². The lowest BCUT2D eigenvalue weighted by Gasteiger charge is -2.46. The first-order valence-electron chi connectivity index (χ1n) is 12.3. The third kappa shape index (κ3) is 5.25. The summed E-state index contributed by atoms with van der Waals surface area (Å²) in [6.07, 6.45) is 7.02. The number of rotatable bonds is 6. The lowest BCUT2D eigenvalue weighted by molar-refractivity contribution is 0.00437. The zero-order chi connectivity index (χ0) is 24.8. The van der Waals surface area contributed by atoms with Gasteiger partial charge in [-0.25, -0.2) is 15.0 Å². The maximum Gasteiger partial charge on any atom is 0.152 e. The van der Waals surface area contributed by atoms with Gasteiger partial charge in [-0.2, -0.15) is 0 Å². The van der Waals surface area contributed by atoms with E-state index in [4.69, 9.17) is 26.3 Å². The van der Waals surface area contributed by atoms with Crippen LogP contribution in [0.1, 0.15) is 45.7 Å². The Balaban J connectivity index is 1.27. The number of pyridine rings is 1. The Bertz CT molecular complexity index is 1070. The number of hydrogen-bond donors (Lipinski definition) is 2. The molecule has 5 rings (SSSR count). The molecular weight excluding hydrogens is 486 g/mol. The first kappa shape index (κ1) is 25.0. The SMILES string of the molecule is C[C@H]1CC2(CCN(c3ncc(Sc4cc(N5CC(C(C)(C)O)C5)ncc4Cl)nc3CO)CC2)CO1. The van der Waals surface area contributed by atoms with E-state index in [1.807, 2.05) is 19.9 Å². The molecule has 0 radical (unpaired) electrons. The van der Waals surface area contributed by atoms with Crippen molar-refractivity contribution in [3.63, 3.8) is 0 Å². The van der Waals surface area contributed by atoms with Crippen molar-refractivity contribution in [1.82, 2.24) is 15.0 Å². The average Bonchev–Trinajstić information content (AvgIpc) is 3.14. The highest BCUT2D eigenvalue weighted by Gasteiger charge is 2.41. The fourth-order valence-electron chi connectivity index (χ4n) is 5.30. The molecule has 3 aliphatic rings. The molecule has 0 saturated carbocycles. The van der Waals surface area contributed by atoms with Gasteiger partial charge in [-0.05, 0) is 51.5 Å². The summed E-state index contributed by atoms with van der Waals surface area (Å²) in [4.78, 5) is 19.1. The van der Waals surface area contributed by atoms with Crippen LogP contribution in [0, 0.1) is 11.3 Å². The summed E-state index contributed by atoms with van der Waals surface area (Å²) in [6, 6.07) is 1.95. The van der Waals surface area contributed by atoms with Crippen LogP contribution in [0.4, 0.5) is 11.6 Å². The zero-order valence-electron chi connectivity index (χ0n) is 20.6. The molecule has 190 valence electrons. The zero-order valence-corrected chi connectivity index (χ0v) is 22.1. The Morgan fingerprint density at radius 3 is 2.57 bits per heavy atom. The van der Waals surface area contributed by atoms with Gasteiger partial charge in [0.2, 0.25) is 0 Å². The average molecular weight is 520 g/mol. The van der Waals surface area contributed by atoms with E-state index >= 15 is 0 Å². The molecule has 8 nitrogen and oxygen atoms in total. The van der Waals surface area contributed by atoms with Crippen LogP contribution in [-0.2, 0) is 11.3 Å². The van der Waals surface area contributed by atoms with Gasteiger partial charge in [0.1, 0.15) is 16.5 Å². The number of ether oxygens (including phenoxy) is 1. The van der Waals surface area contributed by atoms with Crippen LogP contribution >= 0.6 is 23.4 Å². The summed E-state index contributed by atoms with van der Waals surface area (Å²) in [5.41, 5.74) is 0.178. The van der Waals surface area contributed by atoms with Gasteiger partial charge in [0.25, 0.3) is 0 Å². The Morgan fingerprint density at radius 2 is 1.94 bits per heavy atom. The normalized spacial score (nSPS) is 22.6. The number of aliphatic hydroxyl groups is 2. The van der Waals surface area contributed by atoms with E-state index in [1.165, 1.54) is 11.8 Å². The number of anilines is 2. The summed E-state index contributed by atoms with van der Waals surface area (Å²) in [5.74, 6) is 1.81. The van der Waals surface area contributed by atoms with Gasteiger partial charge in [-0.3, -0.25) is 0 Å². The van der Waals surface area contributed by atoms with Gasteiger partial charge in [0.05, 0.1) is 36.1 Å². The van der Waals surface area contributed by atoms with Gasteiger partial charge in [-0.1, -0.05) is 23.4 Å². The minimum atomic E-state index is -0.698. The second-order valence-electron chi connectivity index (χ2n) is 10.8. The molecule has 0 bridgehead atoms. The van der Waals surface area contributed by atoms with Crippen molar-refractivity contribution in [2.75, 3.05) is 42.6 Å². The molecule has 2 aromatic heterocycles. The quantitative estimate of drug-likeness (QED) is 0.591.